The van der Waals surface area contributed by atoms with E-state index in [-0.39, 0.29) is 6.04 Å². The Balaban J connectivity index is 2.86. The van der Waals surface area contributed by atoms with Gasteiger partial charge >= 0.3 is 0 Å². The fourth-order valence-electron chi connectivity index (χ4n) is 1.71. The standard InChI is InChI=1S/C11H22N4O/c1-5-7-15-9(8-13-14-15)10(12)11(3,4)16-6-2/h8,10H,5-7,12H2,1-4H3. The second-order valence-corrected chi connectivity index (χ2v) is 4.40. The topological polar surface area (TPSA) is 66.0 Å². The average Bonchev–Trinajstić information content (AvgIpc) is 2.65. The molecule has 1 heterocycles. The second-order valence-electron chi connectivity index (χ2n) is 4.40. The molecule has 0 amide bonds. The first-order valence-electron chi connectivity index (χ1n) is 5.80. The lowest BCUT2D eigenvalue weighted by Crippen LogP contribution is -2.39. The Kier molecular flexibility index (Phi) is 4.44. The largest absolute Gasteiger partial charge is 0.374 e. The van der Waals surface area contributed by atoms with E-state index in [9.17, 15) is 0 Å². The lowest BCUT2D eigenvalue weighted by molar-refractivity contribution is -0.0316. The summed E-state index contributed by atoms with van der Waals surface area (Å²) in [5.41, 5.74) is 6.74. The molecule has 92 valence electrons. The van der Waals surface area contributed by atoms with Crippen molar-refractivity contribution in [2.24, 2.45) is 5.73 Å². The van der Waals surface area contributed by atoms with Crippen molar-refractivity contribution in [1.82, 2.24) is 15.0 Å². The van der Waals surface area contributed by atoms with Gasteiger partial charge in [0.25, 0.3) is 0 Å². The molecule has 5 nitrogen and oxygen atoms in total. The molecule has 0 aliphatic carbocycles. The molecule has 0 fully saturated rings. The Hall–Kier alpha value is -0.940. The number of aromatic nitrogens is 3. The van der Waals surface area contributed by atoms with Gasteiger partial charge in [0.1, 0.15) is 0 Å². The fourth-order valence-corrected chi connectivity index (χ4v) is 1.71. The van der Waals surface area contributed by atoms with Crippen LogP contribution in [0, 0.1) is 0 Å². The molecule has 0 saturated heterocycles. The average molecular weight is 226 g/mol. The Labute approximate surface area is 97.0 Å². The minimum Gasteiger partial charge on any atom is -0.374 e. The maximum atomic E-state index is 6.21. The van der Waals surface area contributed by atoms with Crippen LogP contribution >= 0.6 is 0 Å². The quantitative estimate of drug-likeness (QED) is 0.798. The van der Waals surface area contributed by atoms with Crippen LogP contribution < -0.4 is 5.73 Å². The number of aryl methyl sites for hydroxylation is 1. The lowest BCUT2D eigenvalue weighted by Gasteiger charge is -2.31. The molecule has 16 heavy (non-hydrogen) atoms. The summed E-state index contributed by atoms with van der Waals surface area (Å²) in [6, 6.07) is -0.214. The van der Waals surface area contributed by atoms with Gasteiger partial charge in [0.15, 0.2) is 0 Å². The third kappa shape index (κ3) is 2.80. The molecule has 0 aliphatic rings. The van der Waals surface area contributed by atoms with Crippen molar-refractivity contribution in [2.75, 3.05) is 6.61 Å². The normalized spacial score (nSPS) is 14.1. The molecule has 0 bridgehead atoms. The summed E-state index contributed by atoms with van der Waals surface area (Å²) in [4.78, 5) is 0. The van der Waals surface area contributed by atoms with Gasteiger partial charge in [-0.2, -0.15) is 0 Å². The van der Waals surface area contributed by atoms with Crippen molar-refractivity contribution in [2.45, 2.75) is 52.3 Å². The number of nitrogens with two attached hydrogens (primary N) is 1. The van der Waals surface area contributed by atoms with Gasteiger partial charge in [-0.3, -0.25) is 0 Å². The first kappa shape index (κ1) is 13.1. The third-order valence-electron chi connectivity index (χ3n) is 2.67. The van der Waals surface area contributed by atoms with E-state index in [2.05, 4.69) is 17.2 Å². The molecule has 1 unspecified atom stereocenters. The highest BCUT2D eigenvalue weighted by Gasteiger charge is 2.30. The predicted molar refractivity (Wildman–Crippen MR) is 62.9 cm³/mol. The molecule has 0 aliphatic heterocycles. The maximum Gasteiger partial charge on any atom is 0.0833 e. The third-order valence-corrected chi connectivity index (χ3v) is 2.67. The van der Waals surface area contributed by atoms with E-state index in [0.29, 0.717) is 6.61 Å². The van der Waals surface area contributed by atoms with Crippen molar-refractivity contribution >= 4 is 0 Å². The summed E-state index contributed by atoms with van der Waals surface area (Å²) in [6.45, 7) is 9.54. The monoisotopic (exact) mass is 226 g/mol. The summed E-state index contributed by atoms with van der Waals surface area (Å²) in [7, 11) is 0. The van der Waals surface area contributed by atoms with Crippen LogP contribution in [0.1, 0.15) is 45.9 Å². The van der Waals surface area contributed by atoms with E-state index in [0.717, 1.165) is 18.7 Å². The van der Waals surface area contributed by atoms with E-state index in [1.54, 1.807) is 6.20 Å². The molecule has 1 atom stereocenters. The molecule has 0 spiro atoms. The molecule has 2 N–H and O–H groups in total. The zero-order valence-corrected chi connectivity index (χ0v) is 10.6. The molecule has 0 radical (unpaired) electrons. The van der Waals surface area contributed by atoms with Gasteiger partial charge in [-0.05, 0) is 27.2 Å². The highest BCUT2D eigenvalue weighted by atomic mass is 16.5. The predicted octanol–water partition coefficient (Wildman–Crippen LogP) is 1.50. The van der Waals surface area contributed by atoms with Gasteiger partial charge in [-0.15, -0.1) is 5.10 Å². The SMILES string of the molecule is CCCn1nncc1C(N)C(C)(C)OCC. The summed E-state index contributed by atoms with van der Waals surface area (Å²) in [5, 5.41) is 7.94. The van der Waals surface area contributed by atoms with Crippen molar-refractivity contribution in [3.8, 4) is 0 Å². The first-order chi connectivity index (χ1) is 7.53. The molecule has 1 aromatic heterocycles. The van der Waals surface area contributed by atoms with Crippen LogP contribution in [-0.4, -0.2) is 27.2 Å². The number of hydrogen-bond acceptors (Lipinski definition) is 4. The molecule has 1 rings (SSSR count). The maximum absolute atomic E-state index is 6.21. The Morgan fingerprint density at radius 3 is 2.75 bits per heavy atom. The minimum atomic E-state index is -0.401. The van der Waals surface area contributed by atoms with Gasteiger partial charge in [0.05, 0.1) is 23.5 Å². The van der Waals surface area contributed by atoms with Crippen molar-refractivity contribution in [3.05, 3.63) is 11.9 Å². The van der Waals surface area contributed by atoms with Crippen LogP contribution in [0.4, 0.5) is 0 Å². The number of ether oxygens (including phenoxy) is 1. The Morgan fingerprint density at radius 1 is 1.50 bits per heavy atom. The highest BCUT2D eigenvalue weighted by molar-refractivity contribution is 5.07. The Bertz CT molecular complexity index is 322. The van der Waals surface area contributed by atoms with Crippen LogP contribution in [0.15, 0.2) is 6.20 Å². The summed E-state index contributed by atoms with van der Waals surface area (Å²) in [6.07, 6.45) is 2.74. The number of hydrogen-bond donors (Lipinski definition) is 1. The smallest absolute Gasteiger partial charge is 0.0833 e. The van der Waals surface area contributed by atoms with Gasteiger partial charge in [0.2, 0.25) is 0 Å². The van der Waals surface area contributed by atoms with E-state index < -0.39 is 5.60 Å². The van der Waals surface area contributed by atoms with Crippen molar-refractivity contribution in [3.63, 3.8) is 0 Å². The van der Waals surface area contributed by atoms with Crippen LogP contribution in [0.3, 0.4) is 0 Å². The highest BCUT2D eigenvalue weighted by Crippen LogP contribution is 2.25. The first-order valence-corrected chi connectivity index (χ1v) is 5.80. The fraction of sp³-hybridized carbons (Fsp3) is 0.818. The van der Waals surface area contributed by atoms with Gasteiger partial charge < -0.3 is 10.5 Å². The zero-order chi connectivity index (χ0) is 12.2. The molecular weight excluding hydrogens is 204 g/mol. The molecule has 0 aromatic carbocycles. The lowest BCUT2D eigenvalue weighted by atomic mass is 9.96. The van der Waals surface area contributed by atoms with Crippen LogP contribution in [0.25, 0.3) is 0 Å². The van der Waals surface area contributed by atoms with Gasteiger partial charge in [0, 0.05) is 13.2 Å². The Morgan fingerprint density at radius 2 is 2.19 bits per heavy atom. The zero-order valence-electron chi connectivity index (χ0n) is 10.6. The number of rotatable bonds is 6. The van der Waals surface area contributed by atoms with E-state index in [4.69, 9.17) is 10.5 Å². The molecular formula is C11H22N4O. The number of nitrogens with zero attached hydrogens (tertiary/aromatic N) is 3. The molecule has 5 heteroatoms. The summed E-state index contributed by atoms with van der Waals surface area (Å²) in [5.74, 6) is 0. The van der Waals surface area contributed by atoms with E-state index >= 15 is 0 Å². The molecule has 0 saturated carbocycles. The van der Waals surface area contributed by atoms with Crippen molar-refractivity contribution < 1.29 is 4.74 Å². The summed E-state index contributed by atoms with van der Waals surface area (Å²) < 4.78 is 7.51. The molecule has 1 aromatic rings. The van der Waals surface area contributed by atoms with Crippen LogP contribution in [0.5, 0.6) is 0 Å². The van der Waals surface area contributed by atoms with Gasteiger partial charge in [-0.25, -0.2) is 4.68 Å². The van der Waals surface area contributed by atoms with E-state index in [1.165, 1.54) is 0 Å². The minimum absolute atomic E-state index is 0.214. The van der Waals surface area contributed by atoms with Crippen molar-refractivity contribution in [1.29, 1.82) is 0 Å². The summed E-state index contributed by atoms with van der Waals surface area (Å²) >= 11 is 0. The second kappa shape index (κ2) is 5.41. The van der Waals surface area contributed by atoms with Crippen LogP contribution in [0.2, 0.25) is 0 Å². The van der Waals surface area contributed by atoms with Crippen LogP contribution in [-0.2, 0) is 11.3 Å². The van der Waals surface area contributed by atoms with Gasteiger partial charge in [-0.1, -0.05) is 12.1 Å². The van der Waals surface area contributed by atoms with E-state index in [1.807, 2.05) is 25.5 Å².